The third-order valence-electron chi connectivity index (χ3n) is 7.81. The Morgan fingerprint density at radius 2 is 1.18 bits per heavy atom. The third kappa shape index (κ3) is 3.78. The van der Waals surface area contributed by atoms with E-state index in [2.05, 4.69) is 13.2 Å². The lowest BCUT2D eigenvalue weighted by Crippen LogP contribution is -2.28. The van der Waals surface area contributed by atoms with Crippen molar-refractivity contribution in [1.29, 1.82) is 0 Å². The van der Waals surface area contributed by atoms with Crippen LogP contribution in [0.1, 0.15) is 38.8 Å². The molecule has 39 heavy (non-hydrogen) atoms. The molecule has 1 aliphatic carbocycles. The first kappa shape index (κ1) is 26.0. The average Bonchev–Trinajstić information content (AvgIpc) is 3.51. The molecule has 0 fully saturated rings. The largest absolute Gasteiger partial charge is 0.492 e. The summed E-state index contributed by atoms with van der Waals surface area (Å²) in [5.74, 6) is -0.896. The van der Waals surface area contributed by atoms with Gasteiger partial charge >= 0.3 is 0 Å². The monoisotopic (exact) mass is 519 g/mol. The summed E-state index contributed by atoms with van der Waals surface area (Å²) in [4.78, 5) is 28.2. The number of Topliss-reactive ketones (excluding diaryl/α,β-unsaturated/α-hetero) is 2. The minimum atomic E-state index is -0.445. The van der Waals surface area contributed by atoms with Crippen LogP contribution in [0.2, 0.25) is 0 Å². The van der Waals surface area contributed by atoms with Crippen LogP contribution in [0.4, 0.5) is 0 Å². The van der Waals surface area contributed by atoms with E-state index in [9.17, 15) is 9.59 Å². The van der Waals surface area contributed by atoms with Gasteiger partial charge in [-0.1, -0.05) is 48.6 Å². The standard InChI is InChI=1S/C33H33N3O3/c1-8-32(3,4)35-18-22(20-14-10-12-16-24(20)35)26-28(34)29(37)27(31(39-7)30(26)38)23-19-36(33(5,6)9-2)25-17-13-11-15-21(23)25/h8-19H,1-2,34H2,3-7H3. The Labute approximate surface area is 228 Å². The Bertz CT molecular complexity index is 1770. The quantitative estimate of drug-likeness (QED) is 0.229. The molecule has 0 atom stereocenters. The zero-order valence-corrected chi connectivity index (χ0v) is 23.0. The fraction of sp³-hybridized carbons (Fsp3) is 0.212. The molecule has 0 bridgehead atoms. The minimum absolute atomic E-state index is 0.0247. The molecular weight excluding hydrogens is 486 g/mol. The third-order valence-corrected chi connectivity index (χ3v) is 7.81. The number of nitrogens with two attached hydrogens (primary N) is 1. The van der Waals surface area contributed by atoms with Crippen molar-refractivity contribution in [1.82, 2.24) is 9.13 Å². The van der Waals surface area contributed by atoms with E-state index in [0.29, 0.717) is 11.1 Å². The second-order valence-electron chi connectivity index (χ2n) is 10.9. The number of fused-ring (bicyclic) bond motifs is 2. The van der Waals surface area contributed by atoms with Gasteiger partial charge in [-0.05, 0) is 39.8 Å². The minimum Gasteiger partial charge on any atom is -0.492 e. The van der Waals surface area contributed by atoms with Gasteiger partial charge in [0.05, 0.1) is 35.0 Å². The van der Waals surface area contributed by atoms with Crippen LogP contribution in [-0.2, 0) is 25.4 Å². The van der Waals surface area contributed by atoms with Crippen molar-refractivity contribution in [2.45, 2.75) is 38.8 Å². The van der Waals surface area contributed by atoms with Gasteiger partial charge in [0.2, 0.25) is 11.6 Å². The number of nitrogens with zero attached hydrogens (tertiary/aromatic N) is 2. The highest BCUT2D eigenvalue weighted by Crippen LogP contribution is 2.41. The molecular formula is C33H33N3O3. The maximum absolute atomic E-state index is 14.1. The van der Waals surface area contributed by atoms with Crippen LogP contribution in [0.15, 0.2) is 97.7 Å². The second-order valence-corrected chi connectivity index (χ2v) is 10.9. The number of ether oxygens (including phenoxy) is 1. The van der Waals surface area contributed by atoms with Crippen molar-refractivity contribution in [2.24, 2.45) is 5.73 Å². The van der Waals surface area contributed by atoms with Crippen LogP contribution in [0.25, 0.3) is 33.0 Å². The first-order chi connectivity index (χ1) is 18.5. The van der Waals surface area contributed by atoms with E-state index in [-0.39, 0.29) is 22.6 Å². The van der Waals surface area contributed by atoms with E-state index in [0.717, 1.165) is 21.8 Å². The van der Waals surface area contributed by atoms with E-state index < -0.39 is 22.6 Å². The molecule has 2 heterocycles. The second kappa shape index (κ2) is 9.02. The predicted octanol–water partition coefficient (Wildman–Crippen LogP) is 6.32. The summed E-state index contributed by atoms with van der Waals surface area (Å²) in [7, 11) is 1.41. The normalized spacial score (nSPS) is 15.0. The van der Waals surface area contributed by atoms with Gasteiger partial charge in [-0.2, -0.15) is 0 Å². The molecule has 0 saturated heterocycles. The number of ketones is 2. The summed E-state index contributed by atoms with van der Waals surface area (Å²) >= 11 is 0. The number of carbonyl (C=O) groups is 2. The summed E-state index contributed by atoms with van der Waals surface area (Å²) in [6, 6.07) is 15.5. The van der Waals surface area contributed by atoms with Crippen molar-refractivity contribution in [3.63, 3.8) is 0 Å². The van der Waals surface area contributed by atoms with Crippen molar-refractivity contribution in [3.05, 3.63) is 109 Å². The van der Waals surface area contributed by atoms with Crippen LogP contribution in [-0.4, -0.2) is 27.8 Å². The van der Waals surface area contributed by atoms with Crippen molar-refractivity contribution in [3.8, 4) is 0 Å². The molecule has 0 spiro atoms. The summed E-state index contributed by atoms with van der Waals surface area (Å²) in [6.07, 6.45) is 7.43. The van der Waals surface area contributed by atoms with Crippen LogP contribution >= 0.6 is 0 Å². The SMILES string of the molecule is C=CC(C)(C)n1cc(C2=C(N)C(=O)C(c3cn(C(C)(C)C=C)c4ccccc34)=C(OC)C2=O)c2ccccc21. The lowest BCUT2D eigenvalue weighted by molar-refractivity contribution is -0.115. The Hall–Kier alpha value is -4.58. The fourth-order valence-electron chi connectivity index (χ4n) is 5.32. The number of benzene rings is 2. The van der Waals surface area contributed by atoms with Crippen LogP contribution in [0.5, 0.6) is 0 Å². The van der Waals surface area contributed by atoms with Gasteiger partial charge in [-0.15, -0.1) is 13.2 Å². The fourth-order valence-corrected chi connectivity index (χ4v) is 5.32. The number of rotatable bonds is 7. The first-order valence-corrected chi connectivity index (χ1v) is 12.8. The number of allylic oxidation sites excluding steroid dienone is 4. The molecule has 5 rings (SSSR count). The number of hydrogen-bond acceptors (Lipinski definition) is 4. The molecule has 0 saturated carbocycles. The molecule has 2 aromatic heterocycles. The number of methoxy groups -OCH3 is 1. The molecule has 2 N–H and O–H groups in total. The van der Waals surface area contributed by atoms with Crippen molar-refractivity contribution in [2.75, 3.05) is 7.11 Å². The lowest BCUT2D eigenvalue weighted by atomic mass is 9.85. The van der Waals surface area contributed by atoms with Crippen molar-refractivity contribution >= 4 is 44.5 Å². The molecule has 0 aliphatic heterocycles. The molecule has 4 aromatic rings. The lowest BCUT2D eigenvalue weighted by Gasteiger charge is -2.24. The number of carbonyl (C=O) groups excluding carboxylic acids is 2. The Morgan fingerprint density at radius 1 is 0.744 bits per heavy atom. The first-order valence-electron chi connectivity index (χ1n) is 12.8. The van der Waals surface area contributed by atoms with Crippen molar-refractivity contribution < 1.29 is 14.3 Å². The van der Waals surface area contributed by atoms with E-state index in [1.165, 1.54) is 7.11 Å². The number of para-hydroxylation sites is 2. The maximum Gasteiger partial charge on any atom is 0.231 e. The van der Waals surface area contributed by atoms with Gasteiger partial charge in [0.15, 0.2) is 5.76 Å². The zero-order chi connectivity index (χ0) is 28.3. The van der Waals surface area contributed by atoms with E-state index in [4.69, 9.17) is 10.5 Å². The average molecular weight is 520 g/mol. The summed E-state index contributed by atoms with van der Waals surface area (Å²) in [5, 5.41) is 1.63. The van der Waals surface area contributed by atoms with E-state index >= 15 is 0 Å². The molecule has 0 amide bonds. The molecule has 0 radical (unpaired) electrons. The smallest absolute Gasteiger partial charge is 0.231 e. The molecule has 0 unspecified atom stereocenters. The van der Waals surface area contributed by atoms with Gasteiger partial charge in [0.1, 0.15) is 0 Å². The molecule has 1 aliphatic rings. The topological polar surface area (TPSA) is 79.2 Å². The summed E-state index contributed by atoms with van der Waals surface area (Å²) in [5.41, 5.74) is 8.86. The van der Waals surface area contributed by atoms with Crippen LogP contribution in [0, 0.1) is 0 Å². The highest BCUT2D eigenvalue weighted by atomic mass is 16.5. The van der Waals surface area contributed by atoms with E-state index in [1.807, 2.05) is 110 Å². The molecule has 198 valence electrons. The summed E-state index contributed by atoms with van der Waals surface area (Å²) < 4.78 is 9.77. The maximum atomic E-state index is 14.1. The van der Waals surface area contributed by atoms with Gasteiger partial charge in [-0.3, -0.25) is 9.59 Å². The Kier molecular flexibility index (Phi) is 6.02. The van der Waals surface area contributed by atoms with Gasteiger partial charge in [-0.25, -0.2) is 0 Å². The molecule has 6 heteroatoms. The highest BCUT2D eigenvalue weighted by Gasteiger charge is 2.39. The van der Waals surface area contributed by atoms with Crippen LogP contribution in [0.3, 0.4) is 0 Å². The van der Waals surface area contributed by atoms with Gasteiger partial charge in [0.25, 0.3) is 0 Å². The molecule has 2 aromatic carbocycles. The predicted molar refractivity (Wildman–Crippen MR) is 158 cm³/mol. The summed E-state index contributed by atoms with van der Waals surface area (Å²) in [6.45, 7) is 16.1. The highest BCUT2D eigenvalue weighted by molar-refractivity contribution is 6.48. The Balaban J connectivity index is 1.77. The Morgan fingerprint density at radius 3 is 1.62 bits per heavy atom. The van der Waals surface area contributed by atoms with Gasteiger partial charge < -0.3 is 19.6 Å². The van der Waals surface area contributed by atoms with Gasteiger partial charge in [0, 0.05) is 45.3 Å². The number of aromatic nitrogens is 2. The number of hydrogen-bond donors (Lipinski definition) is 1. The van der Waals surface area contributed by atoms with Crippen LogP contribution < -0.4 is 5.73 Å². The zero-order valence-electron chi connectivity index (χ0n) is 23.0. The molecule has 6 nitrogen and oxygen atoms in total. The van der Waals surface area contributed by atoms with E-state index in [1.54, 1.807) is 0 Å².